The maximum atomic E-state index is 13.6. The number of nitrogens with one attached hydrogen (secondary N) is 2. The van der Waals surface area contributed by atoms with Crippen molar-refractivity contribution in [1.29, 1.82) is 0 Å². The highest BCUT2D eigenvalue weighted by molar-refractivity contribution is 7.80. The fourth-order valence-electron chi connectivity index (χ4n) is 3.35. The molecule has 0 aliphatic heterocycles. The van der Waals surface area contributed by atoms with Gasteiger partial charge in [0.05, 0.1) is 0 Å². The average Bonchev–Trinajstić information content (AvgIpc) is 2.80. The Balaban J connectivity index is 2.36. The Morgan fingerprint density at radius 3 is 2.40 bits per heavy atom. The number of benzene rings is 2. The molecule has 9 heteroatoms. The standard InChI is InChI=1S/C26H33N3O5S/c1-5-14-29(24(32)21(17-35)28-25(33)34-26(2,3)4)22(19-12-9-13-20(30)15-19)23(31)27-16-18-10-7-6-8-11-18/h5-13,15,21-22,30,35H,1,14,16-17H2,2-4H3,(H,27,31)(H,28,33). The third-order valence-corrected chi connectivity index (χ3v) is 5.20. The van der Waals surface area contributed by atoms with Crippen LogP contribution in [0.3, 0.4) is 0 Å². The van der Waals surface area contributed by atoms with E-state index in [0.717, 1.165) is 5.56 Å². The summed E-state index contributed by atoms with van der Waals surface area (Å²) in [6.07, 6.45) is 0.715. The normalized spacial score (nSPS) is 12.7. The lowest BCUT2D eigenvalue weighted by Crippen LogP contribution is -2.53. The molecule has 2 aromatic rings. The third kappa shape index (κ3) is 8.68. The molecule has 8 nitrogen and oxygen atoms in total. The number of rotatable bonds is 10. The Labute approximate surface area is 211 Å². The van der Waals surface area contributed by atoms with Crippen molar-refractivity contribution in [2.45, 2.75) is 45.0 Å². The first-order valence-electron chi connectivity index (χ1n) is 11.2. The van der Waals surface area contributed by atoms with Crippen LogP contribution in [0.25, 0.3) is 0 Å². The van der Waals surface area contributed by atoms with E-state index in [1.54, 1.807) is 32.9 Å². The molecule has 0 aromatic heterocycles. The van der Waals surface area contributed by atoms with Crippen LogP contribution in [0.2, 0.25) is 0 Å². The summed E-state index contributed by atoms with van der Waals surface area (Å²) < 4.78 is 5.27. The Morgan fingerprint density at radius 2 is 1.83 bits per heavy atom. The molecule has 2 atom stereocenters. The van der Waals surface area contributed by atoms with Crippen molar-refractivity contribution in [3.63, 3.8) is 0 Å². The number of carbonyl (C=O) groups excluding carboxylic acids is 3. The minimum absolute atomic E-state index is 0.0121. The summed E-state index contributed by atoms with van der Waals surface area (Å²) in [5.74, 6) is -1.07. The van der Waals surface area contributed by atoms with Gasteiger partial charge in [-0.05, 0) is 44.0 Å². The second-order valence-corrected chi connectivity index (χ2v) is 9.23. The molecule has 0 aliphatic carbocycles. The lowest BCUT2D eigenvalue weighted by atomic mass is 10.0. The predicted octanol–water partition coefficient (Wildman–Crippen LogP) is 3.59. The van der Waals surface area contributed by atoms with Gasteiger partial charge in [-0.3, -0.25) is 9.59 Å². The minimum Gasteiger partial charge on any atom is -0.508 e. The summed E-state index contributed by atoms with van der Waals surface area (Å²) in [4.78, 5) is 40.6. The van der Waals surface area contributed by atoms with Crippen molar-refractivity contribution < 1.29 is 24.2 Å². The number of hydrogen-bond acceptors (Lipinski definition) is 6. The van der Waals surface area contributed by atoms with Gasteiger partial charge in [0.1, 0.15) is 23.4 Å². The Bertz CT molecular complexity index is 1020. The molecule has 0 radical (unpaired) electrons. The van der Waals surface area contributed by atoms with E-state index in [0.29, 0.717) is 5.56 Å². The molecule has 0 fully saturated rings. The molecule has 3 amide bonds. The van der Waals surface area contributed by atoms with Crippen molar-refractivity contribution in [1.82, 2.24) is 15.5 Å². The van der Waals surface area contributed by atoms with Crippen LogP contribution in [0.5, 0.6) is 5.75 Å². The number of thiol groups is 1. The molecule has 0 spiro atoms. The summed E-state index contributed by atoms with van der Waals surface area (Å²) in [5, 5.41) is 15.4. The van der Waals surface area contributed by atoms with E-state index in [9.17, 15) is 19.5 Å². The molecular weight excluding hydrogens is 466 g/mol. The molecule has 2 rings (SSSR count). The van der Waals surface area contributed by atoms with Crippen molar-refractivity contribution >= 4 is 30.5 Å². The number of phenolic OH excluding ortho intramolecular Hbond substituents is 1. The smallest absolute Gasteiger partial charge is 0.408 e. The molecule has 35 heavy (non-hydrogen) atoms. The van der Waals surface area contributed by atoms with Crippen molar-refractivity contribution in [3.8, 4) is 5.75 Å². The van der Waals surface area contributed by atoms with Crippen LogP contribution >= 0.6 is 12.6 Å². The fourth-order valence-corrected chi connectivity index (χ4v) is 3.59. The monoisotopic (exact) mass is 499 g/mol. The van der Waals surface area contributed by atoms with E-state index in [2.05, 4.69) is 29.8 Å². The zero-order valence-corrected chi connectivity index (χ0v) is 21.1. The Morgan fingerprint density at radius 1 is 1.14 bits per heavy atom. The van der Waals surface area contributed by atoms with E-state index >= 15 is 0 Å². The van der Waals surface area contributed by atoms with Crippen molar-refractivity contribution in [2.75, 3.05) is 12.3 Å². The zero-order chi connectivity index (χ0) is 26.0. The van der Waals surface area contributed by atoms with Gasteiger partial charge >= 0.3 is 6.09 Å². The van der Waals surface area contributed by atoms with Gasteiger partial charge in [-0.15, -0.1) is 6.58 Å². The van der Waals surface area contributed by atoms with Gasteiger partial charge in [-0.25, -0.2) is 4.79 Å². The van der Waals surface area contributed by atoms with Gasteiger partial charge in [-0.2, -0.15) is 12.6 Å². The molecular formula is C26H33N3O5S. The van der Waals surface area contributed by atoms with Gasteiger partial charge in [0, 0.05) is 18.8 Å². The van der Waals surface area contributed by atoms with Crippen LogP contribution < -0.4 is 10.6 Å². The number of ether oxygens (including phenoxy) is 1. The number of hydrogen-bond donors (Lipinski definition) is 4. The quantitative estimate of drug-likeness (QED) is 0.295. The molecule has 0 saturated heterocycles. The summed E-state index contributed by atoms with van der Waals surface area (Å²) in [6, 6.07) is 13.3. The van der Waals surface area contributed by atoms with E-state index in [1.807, 2.05) is 30.3 Å². The number of amides is 3. The first-order chi connectivity index (χ1) is 16.6. The maximum Gasteiger partial charge on any atom is 0.408 e. The molecule has 0 aliphatic rings. The predicted molar refractivity (Wildman–Crippen MR) is 138 cm³/mol. The topological polar surface area (TPSA) is 108 Å². The minimum atomic E-state index is -1.10. The number of carbonyl (C=O) groups is 3. The molecule has 0 saturated carbocycles. The van der Waals surface area contributed by atoms with Crippen LogP contribution in [0.4, 0.5) is 4.79 Å². The first kappa shape index (κ1) is 27.8. The second kappa shape index (κ2) is 12.9. The molecule has 188 valence electrons. The SMILES string of the molecule is C=CCN(C(=O)C(CS)NC(=O)OC(C)(C)C)C(C(=O)NCc1ccccc1)c1cccc(O)c1. The van der Waals surface area contributed by atoms with Gasteiger partial charge < -0.3 is 25.4 Å². The highest BCUT2D eigenvalue weighted by Crippen LogP contribution is 2.26. The summed E-state index contributed by atoms with van der Waals surface area (Å²) in [6.45, 7) is 9.11. The molecule has 3 N–H and O–H groups in total. The molecule has 0 heterocycles. The van der Waals surface area contributed by atoms with Crippen LogP contribution in [0.1, 0.15) is 37.9 Å². The lowest BCUT2D eigenvalue weighted by Gasteiger charge is -2.33. The van der Waals surface area contributed by atoms with Crippen molar-refractivity contribution in [2.24, 2.45) is 0 Å². The van der Waals surface area contributed by atoms with E-state index in [4.69, 9.17) is 4.74 Å². The first-order valence-corrected chi connectivity index (χ1v) is 11.8. The van der Waals surface area contributed by atoms with Crippen LogP contribution in [-0.2, 0) is 20.9 Å². The number of aromatic hydroxyl groups is 1. The highest BCUT2D eigenvalue weighted by atomic mass is 32.1. The summed E-state index contributed by atoms with van der Waals surface area (Å²) in [7, 11) is 0. The Kier molecular flexibility index (Phi) is 10.2. The van der Waals surface area contributed by atoms with Crippen LogP contribution in [0, 0.1) is 0 Å². The Hall–Kier alpha value is -3.46. The van der Waals surface area contributed by atoms with E-state index < -0.39 is 35.6 Å². The molecule has 2 aromatic carbocycles. The average molecular weight is 500 g/mol. The van der Waals surface area contributed by atoms with Crippen molar-refractivity contribution in [3.05, 3.63) is 78.4 Å². The maximum absolute atomic E-state index is 13.6. The largest absolute Gasteiger partial charge is 0.508 e. The van der Waals surface area contributed by atoms with Gasteiger partial charge in [-0.1, -0.05) is 48.5 Å². The third-order valence-electron chi connectivity index (χ3n) is 4.84. The number of phenols is 1. The van der Waals surface area contributed by atoms with Crippen LogP contribution in [0.15, 0.2) is 67.3 Å². The lowest BCUT2D eigenvalue weighted by molar-refractivity contribution is -0.141. The van der Waals surface area contributed by atoms with Gasteiger partial charge in [0.25, 0.3) is 0 Å². The van der Waals surface area contributed by atoms with Gasteiger partial charge in [0.2, 0.25) is 11.8 Å². The molecule has 0 bridgehead atoms. The number of nitrogens with zero attached hydrogens (tertiary/aromatic N) is 1. The van der Waals surface area contributed by atoms with E-state index in [1.165, 1.54) is 23.1 Å². The van der Waals surface area contributed by atoms with Gasteiger partial charge in [0.15, 0.2) is 0 Å². The second-order valence-electron chi connectivity index (χ2n) is 8.86. The summed E-state index contributed by atoms with van der Waals surface area (Å²) >= 11 is 4.23. The van der Waals surface area contributed by atoms with Crippen LogP contribution in [-0.4, -0.2) is 51.9 Å². The van der Waals surface area contributed by atoms with E-state index in [-0.39, 0.29) is 24.6 Å². The highest BCUT2D eigenvalue weighted by Gasteiger charge is 2.35. The number of alkyl carbamates (subject to hydrolysis) is 1. The zero-order valence-electron chi connectivity index (χ0n) is 20.2. The summed E-state index contributed by atoms with van der Waals surface area (Å²) in [5.41, 5.74) is 0.536. The fraction of sp³-hybridized carbons (Fsp3) is 0.346. The molecule has 2 unspecified atom stereocenters.